The summed E-state index contributed by atoms with van der Waals surface area (Å²) >= 11 is 0. The molecule has 0 saturated carbocycles. The summed E-state index contributed by atoms with van der Waals surface area (Å²) in [5, 5.41) is 4.65. The second-order valence-corrected chi connectivity index (χ2v) is 6.58. The van der Waals surface area contributed by atoms with Crippen molar-refractivity contribution >= 4 is 16.7 Å². The Balaban J connectivity index is 1.67. The van der Waals surface area contributed by atoms with Crippen LogP contribution in [-0.4, -0.2) is 22.1 Å². The van der Waals surface area contributed by atoms with E-state index in [-0.39, 0.29) is 6.04 Å². The van der Waals surface area contributed by atoms with Crippen LogP contribution in [0.3, 0.4) is 0 Å². The van der Waals surface area contributed by atoms with E-state index in [0.29, 0.717) is 0 Å². The molecule has 0 aliphatic carbocycles. The zero-order chi connectivity index (χ0) is 18.8. The fourth-order valence-electron chi connectivity index (χ4n) is 3.29. The number of para-hydroxylation sites is 1. The molecular formula is C22H22N4O. The van der Waals surface area contributed by atoms with Crippen molar-refractivity contribution in [2.75, 3.05) is 12.4 Å². The second kappa shape index (κ2) is 7.11. The van der Waals surface area contributed by atoms with Gasteiger partial charge in [0.2, 0.25) is 0 Å². The van der Waals surface area contributed by atoms with Crippen molar-refractivity contribution in [1.82, 2.24) is 15.0 Å². The van der Waals surface area contributed by atoms with Crippen LogP contribution in [-0.2, 0) is 0 Å². The molecular weight excluding hydrogens is 336 g/mol. The van der Waals surface area contributed by atoms with Crippen LogP contribution < -0.4 is 10.1 Å². The number of hydrogen-bond donors (Lipinski definition) is 2. The average molecular weight is 358 g/mol. The van der Waals surface area contributed by atoms with Crippen molar-refractivity contribution < 1.29 is 4.74 Å². The molecule has 136 valence electrons. The molecule has 0 spiro atoms. The summed E-state index contributed by atoms with van der Waals surface area (Å²) in [7, 11) is 1.68. The lowest BCUT2D eigenvalue weighted by Crippen LogP contribution is -2.09. The molecule has 0 aliphatic heterocycles. The number of H-pyrrole nitrogens is 1. The minimum absolute atomic E-state index is 0.0866. The number of fused-ring (bicyclic) bond motifs is 1. The molecule has 27 heavy (non-hydrogen) atoms. The largest absolute Gasteiger partial charge is 0.497 e. The summed E-state index contributed by atoms with van der Waals surface area (Å²) in [6, 6.07) is 18.4. The van der Waals surface area contributed by atoms with Crippen molar-refractivity contribution in [3.8, 4) is 17.0 Å². The Hall–Kier alpha value is -3.34. The first-order valence-electron chi connectivity index (χ1n) is 8.96. The molecule has 0 aliphatic rings. The van der Waals surface area contributed by atoms with Crippen LogP contribution >= 0.6 is 0 Å². The monoisotopic (exact) mass is 358 g/mol. The van der Waals surface area contributed by atoms with Crippen LogP contribution in [0.2, 0.25) is 0 Å². The highest BCUT2D eigenvalue weighted by Crippen LogP contribution is 2.29. The van der Waals surface area contributed by atoms with Crippen LogP contribution in [0.15, 0.2) is 60.8 Å². The fourth-order valence-corrected chi connectivity index (χ4v) is 3.29. The highest BCUT2D eigenvalue weighted by atomic mass is 16.5. The first-order chi connectivity index (χ1) is 13.1. The van der Waals surface area contributed by atoms with Gasteiger partial charge in [0.1, 0.15) is 17.4 Å². The number of benzene rings is 2. The molecule has 2 heterocycles. The predicted molar refractivity (Wildman–Crippen MR) is 109 cm³/mol. The number of rotatable bonds is 5. The van der Waals surface area contributed by atoms with E-state index in [9.17, 15) is 0 Å². The number of aryl methyl sites for hydroxylation is 1. The molecule has 0 radical (unpaired) electrons. The van der Waals surface area contributed by atoms with Gasteiger partial charge in [0.05, 0.1) is 24.4 Å². The Labute approximate surface area is 158 Å². The quantitative estimate of drug-likeness (QED) is 0.520. The molecule has 0 bridgehead atoms. The molecule has 2 N–H and O–H groups in total. The summed E-state index contributed by atoms with van der Waals surface area (Å²) < 4.78 is 5.33. The summed E-state index contributed by atoms with van der Waals surface area (Å²) in [5.41, 5.74) is 4.19. The maximum atomic E-state index is 5.33. The van der Waals surface area contributed by atoms with Crippen molar-refractivity contribution in [3.05, 3.63) is 72.2 Å². The van der Waals surface area contributed by atoms with E-state index < -0.39 is 0 Å². The fraction of sp³-hybridized carbons (Fsp3) is 0.182. The van der Waals surface area contributed by atoms with Gasteiger partial charge in [-0.25, -0.2) is 9.97 Å². The Morgan fingerprint density at radius 3 is 2.74 bits per heavy atom. The van der Waals surface area contributed by atoms with Crippen LogP contribution in [0, 0.1) is 6.92 Å². The number of nitrogens with zero attached hydrogens (tertiary/aromatic N) is 2. The van der Waals surface area contributed by atoms with Gasteiger partial charge < -0.3 is 15.0 Å². The van der Waals surface area contributed by atoms with E-state index in [4.69, 9.17) is 4.74 Å². The van der Waals surface area contributed by atoms with Crippen molar-refractivity contribution in [2.24, 2.45) is 0 Å². The Morgan fingerprint density at radius 2 is 1.89 bits per heavy atom. The van der Waals surface area contributed by atoms with E-state index in [2.05, 4.69) is 57.5 Å². The summed E-state index contributed by atoms with van der Waals surface area (Å²) in [4.78, 5) is 12.5. The Kier molecular flexibility index (Phi) is 4.50. The number of aromatic amines is 1. The lowest BCUT2D eigenvalue weighted by Gasteiger charge is -2.17. The predicted octanol–water partition coefficient (Wildman–Crippen LogP) is 5.12. The molecule has 0 saturated heterocycles. The van der Waals surface area contributed by atoms with E-state index >= 15 is 0 Å². The smallest absolute Gasteiger partial charge is 0.130 e. The van der Waals surface area contributed by atoms with E-state index in [0.717, 1.165) is 39.7 Å². The zero-order valence-electron chi connectivity index (χ0n) is 15.7. The van der Waals surface area contributed by atoms with Crippen molar-refractivity contribution in [3.63, 3.8) is 0 Å². The van der Waals surface area contributed by atoms with Gasteiger partial charge in [0.15, 0.2) is 0 Å². The third-order valence-electron chi connectivity index (χ3n) is 4.66. The standard InChI is InChI=1S/C22H22N4O/c1-14(17-7-4-8-18(12-17)27-3)24-21-13-20(25-15(2)26-21)19-9-5-6-16-10-11-23-22(16)19/h4-14,23H,1-3H3,(H,24,25,26)/t14-/m0/s1. The van der Waals surface area contributed by atoms with Gasteiger partial charge in [-0.15, -0.1) is 0 Å². The molecule has 2 aromatic heterocycles. The Bertz CT molecular complexity index is 1090. The minimum Gasteiger partial charge on any atom is -0.497 e. The average Bonchev–Trinajstić information content (AvgIpc) is 3.16. The molecule has 5 heteroatoms. The van der Waals surface area contributed by atoms with Gasteiger partial charge in [0, 0.05) is 23.2 Å². The van der Waals surface area contributed by atoms with Gasteiger partial charge >= 0.3 is 0 Å². The van der Waals surface area contributed by atoms with Crippen LogP contribution in [0.1, 0.15) is 24.4 Å². The molecule has 4 rings (SSSR count). The van der Waals surface area contributed by atoms with Crippen molar-refractivity contribution in [2.45, 2.75) is 19.9 Å². The van der Waals surface area contributed by atoms with Gasteiger partial charge in [0.25, 0.3) is 0 Å². The highest BCUT2D eigenvalue weighted by Gasteiger charge is 2.12. The van der Waals surface area contributed by atoms with Crippen LogP contribution in [0.4, 0.5) is 5.82 Å². The summed E-state index contributed by atoms with van der Waals surface area (Å²) in [6.07, 6.45) is 1.95. The lowest BCUT2D eigenvalue weighted by molar-refractivity contribution is 0.414. The van der Waals surface area contributed by atoms with Gasteiger partial charge in [-0.3, -0.25) is 0 Å². The van der Waals surface area contributed by atoms with Crippen LogP contribution in [0.5, 0.6) is 5.75 Å². The van der Waals surface area contributed by atoms with E-state index in [1.165, 1.54) is 5.39 Å². The van der Waals surface area contributed by atoms with Gasteiger partial charge in [-0.05, 0) is 37.6 Å². The van der Waals surface area contributed by atoms with Gasteiger partial charge in [-0.2, -0.15) is 0 Å². The second-order valence-electron chi connectivity index (χ2n) is 6.58. The Morgan fingerprint density at radius 1 is 1.04 bits per heavy atom. The number of nitrogens with one attached hydrogen (secondary N) is 2. The number of hydrogen-bond acceptors (Lipinski definition) is 4. The maximum Gasteiger partial charge on any atom is 0.130 e. The molecule has 2 aromatic carbocycles. The first-order valence-corrected chi connectivity index (χ1v) is 8.96. The topological polar surface area (TPSA) is 62.8 Å². The molecule has 1 atom stereocenters. The van der Waals surface area contributed by atoms with Crippen LogP contribution in [0.25, 0.3) is 22.2 Å². The highest BCUT2D eigenvalue weighted by molar-refractivity contribution is 5.93. The normalized spacial score (nSPS) is 12.1. The zero-order valence-corrected chi connectivity index (χ0v) is 15.7. The molecule has 4 aromatic rings. The lowest BCUT2D eigenvalue weighted by atomic mass is 10.1. The number of methoxy groups -OCH3 is 1. The summed E-state index contributed by atoms with van der Waals surface area (Å²) in [5.74, 6) is 2.38. The van der Waals surface area contributed by atoms with E-state index in [1.54, 1.807) is 7.11 Å². The first kappa shape index (κ1) is 17.1. The summed E-state index contributed by atoms with van der Waals surface area (Å²) in [6.45, 7) is 4.03. The molecule has 0 amide bonds. The molecule has 0 unspecified atom stereocenters. The minimum atomic E-state index is 0.0866. The van der Waals surface area contributed by atoms with E-state index in [1.807, 2.05) is 37.4 Å². The van der Waals surface area contributed by atoms with Gasteiger partial charge in [-0.1, -0.05) is 30.3 Å². The maximum absolute atomic E-state index is 5.33. The SMILES string of the molecule is COc1cccc([C@H](C)Nc2cc(-c3cccc4cc[nH]c34)nc(C)n2)c1. The number of anilines is 1. The number of aromatic nitrogens is 3. The van der Waals surface area contributed by atoms with Crippen molar-refractivity contribution in [1.29, 1.82) is 0 Å². The third-order valence-corrected chi connectivity index (χ3v) is 4.66. The molecule has 5 nitrogen and oxygen atoms in total. The molecule has 0 fully saturated rings. The third kappa shape index (κ3) is 3.49. The number of ether oxygens (including phenoxy) is 1.